The summed E-state index contributed by atoms with van der Waals surface area (Å²) in [6.45, 7) is 0. The Kier molecular flexibility index (Phi) is 5.86. The number of hydrogen-bond acceptors (Lipinski definition) is 5. The topological polar surface area (TPSA) is 68.9 Å². The first kappa shape index (κ1) is 27.9. The summed E-state index contributed by atoms with van der Waals surface area (Å²) >= 11 is 0. The van der Waals surface area contributed by atoms with E-state index in [1.54, 1.807) is 0 Å². The van der Waals surface area contributed by atoms with Crippen LogP contribution in [0.2, 0.25) is 0 Å². The van der Waals surface area contributed by atoms with Crippen LogP contribution < -0.4 is 0 Å². The SMILES string of the molecule is c1cnc2c(c1)ccc1ccc(-c3ccc(-c4ccc5c(c4)nn4c(-c6ccc7ccc8cccnc8c7n6)cccc54)c4ccccc34)nc12. The fourth-order valence-electron chi connectivity index (χ4n) is 7.63. The van der Waals surface area contributed by atoms with Gasteiger partial charge < -0.3 is 0 Å². The minimum atomic E-state index is 0.854. The van der Waals surface area contributed by atoms with Gasteiger partial charge in [0.1, 0.15) is 0 Å². The van der Waals surface area contributed by atoms with Gasteiger partial charge in [0.15, 0.2) is 0 Å². The van der Waals surface area contributed by atoms with Gasteiger partial charge in [-0.1, -0.05) is 97.1 Å². The summed E-state index contributed by atoms with van der Waals surface area (Å²) in [6.07, 6.45) is 3.66. The molecule has 0 atom stereocenters. The zero-order valence-corrected chi connectivity index (χ0v) is 27.2. The molecule has 0 aliphatic carbocycles. The van der Waals surface area contributed by atoms with Gasteiger partial charge in [-0.3, -0.25) is 9.97 Å². The number of hydrogen-bond donors (Lipinski definition) is 0. The minimum Gasteiger partial charge on any atom is -0.254 e. The largest absolute Gasteiger partial charge is 0.254 e. The van der Waals surface area contributed by atoms with Crippen LogP contribution in [0, 0.1) is 0 Å². The first-order chi connectivity index (χ1) is 25.3. The summed E-state index contributed by atoms with van der Waals surface area (Å²) in [4.78, 5) is 19.6. The second kappa shape index (κ2) is 10.7. The van der Waals surface area contributed by atoms with Crippen molar-refractivity contribution in [3.05, 3.63) is 158 Å². The molecular weight excluding hydrogens is 625 g/mol. The van der Waals surface area contributed by atoms with Gasteiger partial charge in [0, 0.05) is 44.9 Å². The molecular formula is C45H26N6. The molecule has 11 aromatic rings. The van der Waals surface area contributed by atoms with E-state index in [2.05, 4.69) is 143 Å². The van der Waals surface area contributed by atoms with Crippen molar-refractivity contribution in [2.45, 2.75) is 0 Å². The van der Waals surface area contributed by atoms with E-state index in [4.69, 9.17) is 15.1 Å². The van der Waals surface area contributed by atoms with Crippen molar-refractivity contribution in [1.29, 1.82) is 0 Å². The Balaban J connectivity index is 1.05. The van der Waals surface area contributed by atoms with Gasteiger partial charge in [-0.2, -0.15) is 5.10 Å². The second-order valence-electron chi connectivity index (χ2n) is 13.0. The molecule has 0 aliphatic heterocycles. The van der Waals surface area contributed by atoms with Crippen molar-refractivity contribution < 1.29 is 0 Å². The summed E-state index contributed by atoms with van der Waals surface area (Å²) in [7, 11) is 0. The van der Waals surface area contributed by atoms with Crippen LogP contribution in [0.3, 0.4) is 0 Å². The van der Waals surface area contributed by atoms with Crippen LogP contribution in [0.1, 0.15) is 0 Å². The Labute approximate surface area is 291 Å². The van der Waals surface area contributed by atoms with Crippen LogP contribution in [-0.2, 0) is 0 Å². The Bertz CT molecular complexity index is 3220. The van der Waals surface area contributed by atoms with Crippen molar-refractivity contribution in [2.75, 3.05) is 0 Å². The van der Waals surface area contributed by atoms with Crippen LogP contribution >= 0.6 is 0 Å². The number of pyridine rings is 5. The highest BCUT2D eigenvalue weighted by Gasteiger charge is 2.16. The predicted molar refractivity (Wildman–Crippen MR) is 208 cm³/mol. The molecule has 11 rings (SSSR count). The average Bonchev–Trinajstić information content (AvgIpc) is 3.58. The van der Waals surface area contributed by atoms with E-state index >= 15 is 0 Å². The molecule has 6 heteroatoms. The van der Waals surface area contributed by atoms with Crippen molar-refractivity contribution in [3.63, 3.8) is 0 Å². The molecule has 236 valence electrons. The lowest BCUT2D eigenvalue weighted by atomic mass is 9.93. The summed E-state index contributed by atoms with van der Waals surface area (Å²) in [5.74, 6) is 0. The molecule has 6 nitrogen and oxygen atoms in total. The molecule has 0 N–H and O–H groups in total. The maximum Gasteiger partial charge on any atom is 0.0972 e. The Morgan fingerprint density at radius 1 is 0.412 bits per heavy atom. The third kappa shape index (κ3) is 4.26. The summed E-state index contributed by atoms with van der Waals surface area (Å²) in [6, 6.07) is 50.8. The zero-order chi connectivity index (χ0) is 33.5. The van der Waals surface area contributed by atoms with Crippen LogP contribution in [0.15, 0.2) is 158 Å². The number of rotatable bonds is 3. The van der Waals surface area contributed by atoms with Gasteiger partial charge in [0.2, 0.25) is 0 Å². The first-order valence-corrected chi connectivity index (χ1v) is 17.0. The number of nitrogens with zero attached hydrogens (tertiary/aromatic N) is 6. The predicted octanol–water partition coefficient (Wildman–Crippen LogP) is 10.8. The summed E-state index contributed by atoms with van der Waals surface area (Å²) < 4.78 is 2.02. The number of fused-ring (bicyclic) bond motifs is 10. The highest BCUT2D eigenvalue weighted by atomic mass is 15.2. The molecule has 6 aromatic heterocycles. The molecule has 0 unspecified atom stereocenters. The maximum atomic E-state index is 5.17. The van der Waals surface area contributed by atoms with E-state index in [-0.39, 0.29) is 0 Å². The molecule has 0 saturated carbocycles. The monoisotopic (exact) mass is 650 g/mol. The van der Waals surface area contributed by atoms with Gasteiger partial charge in [-0.25, -0.2) is 14.5 Å². The van der Waals surface area contributed by atoms with Crippen molar-refractivity contribution in [2.24, 2.45) is 0 Å². The standard InChI is InChI=1S/C45H26N6/c1-2-9-34-33(8-1)32(20-21-35(34)37-22-17-29-14-12-27-6-4-24-46-42(27)44(29)48-37)31-16-19-36-39(26-31)50-51-40(36)10-3-11-41(51)38-23-18-30-15-13-28-7-5-25-47-43(28)45(30)49-38/h1-26H. The van der Waals surface area contributed by atoms with Gasteiger partial charge >= 0.3 is 0 Å². The molecule has 6 heterocycles. The van der Waals surface area contributed by atoms with Gasteiger partial charge in [-0.15, -0.1) is 0 Å². The lowest BCUT2D eigenvalue weighted by Gasteiger charge is -2.12. The van der Waals surface area contributed by atoms with Crippen LogP contribution in [0.25, 0.3) is 105 Å². The lowest BCUT2D eigenvalue weighted by Crippen LogP contribution is -1.96. The number of aromatic nitrogens is 6. The molecule has 0 amide bonds. The van der Waals surface area contributed by atoms with E-state index in [1.165, 1.54) is 0 Å². The third-order valence-corrected chi connectivity index (χ3v) is 10.1. The summed E-state index contributed by atoms with van der Waals surface area (Å²) in [5.41, 5.74) is 11.7. The first-order valence-electron chi connectivity index (χ1n) is 17.0. The molecule has 5 aromatic carbocycles. The van der Waals surface area contributed by atoms with Crippen molar-refractivity contribution in [1.82, 2.24) is 29.5 Å². The van der Waals surface area contributed by atoms with Gasteiger partial charge in [0.05, 0.1) is 50.2 Å². The van der Waals surface area contributed by atoms with Crippen LogP contribution in [-0.4, -0.2) is 29.5 Å². The highest BCUT2D eigenvalue weighted by molar-refractivity contribution is 6.08. The fraction of sp³-hybridized carbons (Fsp3) is 0. The minimum absolute atomic E-state index is 0.854. The molecule has 0 spiro atoms. The zero-order valence-electron chi connectivity index (χ0n) is 27.2. The van der Waals surface area contributed by atoms with E-state index in [0.717, 1.165) is 105 Å². The van der Waals surface area contributed by atoms with Gasteiger partial charge in [-0.05, 0) is 70.4 Å². The van der Waals surface area contributed by atoms with Crippen molar-refractivity contribution >= 4 is 70.8 Å². The van der Waals surface area contributed by atoms with E-state index in [0.29, 0.717) is 0 Å². The normalized spacial score (nSPS) is 11.9. The second-order valence-corrected chi connectivity index (χ2v) is 13.0. The lowest BCUT2D eigenvalue weighted by molar-refractivity contribution is 0.984. The molecule has 0 radical (unpaired) electrons. The van der Waals surface area contributed by atoms with E-state index in [1.807, 2.05) is 29.0 Å². The van der Waals surface area contributed by atoms with Crippen LogP contribution in [0.4, 0.5) is 0 Å². The number of benzene rings is 5. The Morgan fingerprint density at radius 2 is 1.02 bits per heavy atom. The third-order valence-electron chi connectivity index (χ3n) is 10.1. The quantitative estimate of drug-likeness (QED) is 0.178. The van der Waals surface area contributed by atoms with Crippen molar-refractivity contribution in [3.8, 4) is 33.8 Å². The van der Waals surface area contributed by atoms with E-state index in [9.17, 15) is 0 Å². The van der Waals surface area contributed by atoms with Gasteiger partial charge in [0.25, 0.3) is 0 Å². The molecule has 0 saturated heterocycles. The molecule has 0 fully saturated rings. The Morgan fingerprint density at radius 3 is 1.75 bits per heavy atom. The molecule has 0 aliphatic rings. The average molecular weight is 651 g/mol. The molecule has 51 heavy (non-hydrogen) atoms. The van der Waals surface area contributed by atoms with E-state index < -0.39 is 0 Å². The fourth-order valence-corrected chi connectivity index (χ4v) is 7.63. The smallest absolute Gasteiger partial charge is 0.0972 e. The highest BCUT2D eigenvalue weighted by Crippen LogP contribution is 2.38. The van der Waals surface area contributed by atoms with Crippen LogP contribution in [0.5, 0.6) is 0 Å². The maximum absolute atomic E-state index is 5.17. The molecule has 0 bridgehead atoms. The summed E-state index contributed by atoms with van der Waals surface area (Å²) in [5, 5.41) is 12.9. The Hall–Kier alpha value is -7.05.